The summed E-state index contributed by atoms with van der Waals surface area (Å²) in [5.41, 5.74) is 10.8. The van der Waals surface area contributed by atoms with Gasteiger partial charge in [-0.15, -0.1) is 0 Å². The lowest BCUT2D eigenvalue weighted by Gasteiger charge is -2.12. The van der Waals surface area contributed by atoms with Crippen LogP contribution in [0.3, 0.4) is 0 Å². The number of aromatic nitrogens is 6. The molecular weight excluding hydrogens is 753 g/mol. The van der Waals surface area contributed by atoms with Gasteiger partial charge in [0.2, 0.25) is 0 Å². The summed E-state index contributed by atoms with van der Waals surface area (Å²) in [6.45, 7) is 0. The molecule has 0 fully saturated rings. The highest BCUT2D eigenvalue weighted by Crippen LogP contribution is 2.34. The minimum atomic E-state index is 0.662. The van der Waals surface area contributed by atoms with Crippen molar-refractivity contribution in [2.75, 3.05) is 28.4 Å². The van der Waals surface area contributed by atoms with Crippen LogP contribution in [0, 0.1) is 22.7 Å². The minimum absolute atomic E-state index is 0.662. The van der Waals surface area contributed by atoms with E-state index in [2.05, 4.69) is 44.4 Å². The Labute approximate surface area is 347 Å². The Morgan fingerprint density at radius 2 is 0.867 bits per heavy atom. The van der Waals surface area contributed by atoms with Crippen molar-refractivity contribution in [1.82, 2.24) is 29.5 Å². The van der Waals surface area contributed by atoms with Crippen molar-refractivity contribution in [1.29, 1.82) is 10.5 Å². The summed E-state index contributed by atoms with van der Waals surface area (Å²) in [5, 5.41) is 29.2. The van der Waals surface area contributed by atoms with Crippen molar-refractivity contribution < 1.29 is 18.9 Å². The highest BCUT2D eigenvalue weighted by Gasteiger charge is 2.13. The summed E-state index contributed by atoms with van der Waals surface area (Å²) in [4.78, 5) is 9.16. The number of allylic oxidation sites excluding steroid dienone is 2. The molecule has 0 aliphatic carbocycles. The molecule has 4 aromatic carbocycles. The zero-order valence-corrected chi connectivity index (χ0v) is 33.9. The summed E-state index contributed by atoms with van der Waals surface area (Å²) >= 11 is 0. The molecule has 0 atom stereocenters. The van der Waals surface area contributed by atoms with Gasteiger partial charge in [0.1, 0.15) is 23.0 Å². The van der Waals surface area contributed by atoms with Gasteiger partial charge in [-0.05, 0) is 94.1 Å². The molecule has 0 radical (unpaired) electrons. The number of fused-ring (bicyclic) bond motifs is 2. The van der Waals surface area contributed by atoms with Gasteiger partial charge in [0.25, 0.3) is 0 Å². The van der Waals surface area contributed by atoms with Crippen LogP contribution < -0.4 is 18.9 Å². The first-order valence-corrected chi connectivity index (χ1v) is 18.7. The fourth-order valence-corrected chi connectivity index (χ4v) is 6.78. The first-order valence-electron chi connectivity index (χ1n) is 18.7. The van der Waals surface area contributed by atoms with Crippen LogP contribution in [0.5, 0.6) is 23.0 Å². The lowest BCUT2D eigenvalue weighted by atomic mass is 9.95. The van der Waals surface area contributed by atoms with Gasteiger partial charge in [-0.1, -0.05) is 12.1 Å². The number of hydrogen-bond donors (Lipinski definition) is 0. The molecule has 0 aliphatic rings. The minimum Gasteiger partial charge on any atom is -0.497 e. The average Bonchev–Trinajstić information content (AvgIpc) is 3.94. The first-order chi connectivity index (χ1) is 29.2. The van der Waals surface area contributed by atoms with Crippen LogP contribution in [0.25, 0.3) is 55.2 Å². The van der Waals surface area contributed by atoms with E-state index >= 15 is 0 Å². The van der Waals surface area contributed by atoms with Crippen molar-refractivity contribution in [2.45, 2.75) is 0 Å². The van der Waals surface area contributed by atoms with Gasteiger partial charge in [0, 0.05) is 96.2 Å². The quantitative estimate of drug-likeness (QED) is 0.123. The lowest BCUT2D eigenvalue weighted by Crippen LogP contribution is -1.93. The second-order valence-electron chi connectivity index (χ2n) is 13.6. The van der Waals surface area contributed by atoms with Crippen LogP contribution >= 0.6 is 0 Å². The Balaban J connectivity index is 0.000000181. The molecular formula is C48H40N8O4. The molecule has 0 amide bonds. The molecule has 4 aromatic heterocycles. The molecule has 296 valence electrons. The molecule has 0 N–H and O–H groups in total. The number of nitrogens with zero attached hydrogens (tertiary/aromatic N) is 8. The van der Waals surface area contributed by atoms with E-state index in [4.69, 9.17) is 18.9 Å². The number of aryl methyl sites for hydroxylation is 2. The molecule has 8 aromatic rings. The Bertz CT molecular complexity index is 2760. The second-order valence-corrected chi connectivity index (χ2v) is 13.6. The van der Waals surface area contributed by atoms with Crippen LogP contribution in [0.1, 0.15) is 22.3 Å². The number of methoxy groups -OCH3 is 4. The van der Waals surface area contributed by atoms with Crippen LogP contribution in [0.2, 0.25) is 0 Å². The average molecular weight is 793 g/mol. The maximum atomic E-state index is 9.41. The number of pyridine rings is 2. The van der Waals surface area contributed by atoms with Crippen LogP contribution in [-0.2, 0) is 14.1 Å². The van der Waals surface area contributed by atoms with Gasteiger partial charge >= 0.3 is 0 Å². The largest absolute Gasteiger partial charge is 0.497 e. The Hall–Kier alpha value is -8.22. The topological polar surface area (TPSA) is 146 Å². The molecule has 0 spiro atoms. The molecule has 4 heterocycles. The SMILES string of the molecule is COc1cc(OC)cc(/C(=C/C#N)c2ccc3ncc(-c4cnn(C)c4)cc3c2)c1.COc1cc(OC)cc(/C(=C\C#N)c2ccc3ncc(-c4cnn(C)c4)cc3c2)c1. The van der Waals surface area contributed by atoms with Gasteiger partial charge < -0.3 is 18.9 Å². The highest BCUT2D eigenvalue weighted by atomic mass is 16.5. The Morgan fingerprint density at radius 1 is 0.483 bits per heavy atom. The monoisotopic (exact) mass is 792 g/mol. The maximum Gasteiger partial charge on any atom is 0.123 e. The van der Waals surface area contributed by atoms with Crippen molar-refractivity contribution >= 4 is 33.0 Å². The molecule has 0 unspecified atom stereocenters. The lowest BCUT2D eigenvalue weighted by molar-refractivity contribution is 0.394. The van der Waals surface area contributed by atoms with Crippen LogP contribution in [-0.4, -0.2) is 58.0 Å². The zero-order valence-electron chi connectivity index (χ0n) is 33.9. The van der Waals surface area contributed by atoms with Gasteiger partial charge in [0.05, 0.1) is 64.0 Å². The summed E-state index contributed by atoms with van der Waals surface area (Å²) < 4.78 is 25.1. The summed E-state index contributed by atoms with van der Waals surface area (Å²) in [6.07, 6.45) is 14.3. The van der Waals surface area contributed by atoms with Crippen molar-refractivity contribution in [3.8, 4) is 57.4 Å². The van der Waals surface area contributed by atoms with E-state index in [0.717, 1.165) is 77.5 Å². The highest BCUT2D eigenvalue weighted by molar-refractivity contribution is 5.92. The van der Waals surface area contributed by atoms with Gasteiger partial charge in [-0.3, -0.25) is 19.3 Å². The fraction of sp³-hybridized carbons (Fsp3) is 0.125. The van der Waals surface area contributed by atoms with E-state index in [9.17, 15) is 10.5 Å². The smallest absolute Gasteiger partial charge is 0.123 e. The van der Waals surface area contributed by atoms with Gasteiger partial charge in [0.15, 0.2) is 0 Å². The number of rotatable bonds is 10. The van der Waals surface area contributed by atoms with E-state index in [1.165, 1.54) is 12.2 Å². The molecule has 0 saturated heterocycles. The third-order valence-electron chi connectivity index (χ3n) is 9.80. The Kier molecular flexibility index (Phi) is 11.9. The summed E-state index contributed by atoms with van der Waals surface area (Å²) in [6, 6.07) is 31.6. The van der Waals surface area contributed by atoms with E-state index in [1.54, 1.807) is 49.9 Å². The predicted molar refractivity (Wildman–Crippen MR) is 232 cm³/mol. The normalized spacial score (nSPS) is 11.3. The van der Waals surface area contributed by atoms with Crippen molar-refractivity contribution in [3.05, 3.63) is 157 Å². The first kappa shape index (κ1) is 40.0. The number of benzene rings is 4. The third-order valence-corrected chi connectivity index (χ3v) is 9.80. The standard InChI is InChI=1S/2C24H20N4O2/c2*1-28-15-20(14-27-28)19-9-18-8-16(4-5-24(18)26-13-19)23(6-7-25)17-10-21(29-2)12-22(11-17)30-3/h2*4-6,8-15H,1-3H3/b23-6+;23-6-. The van der Waals surface area contributed by atoms with E-state index in [-0.39, 0.29) is 0 Å². The molecule has 0 bridgehead atoms. The number of ether oxygens (including phenoxy) is 4. The predicted octanol–water partition coefficient (Wildman–Crippen LogP) is 9.22. The van der Waals surface area contributed by atoms with E-state index in [0.29, 0.717) is 23.0 Å². The van der Waals surface area contributed by atoms with Crippen molar-refractivity contribution in [3.63, 3.8) is 0 Å². The third kappa shape index (κ3) is 8.84. The van der Waals surface area contributed by atoms with Crippen molar-refractivity contribution in [2.24, 2.45) is 14.1 Å². The summed E-state index contributed by atoms with van der Waals surface area (Å²) in [7, 11) is 10.2. The molecule has 0 aliphatic heterocycles. The molecule has 12 heteroatoms. The Morgan fingerprint density at radius 3 is 1.18 bits per heavy atom. The molecule has 8 rings (SSSR count). The molecule has 60 heavy (non-hydrogen) atoms. The fourth-order valence-electron chi connectivity index (χ4n) is 6.78. The number of hydrogen-bond acceptors (Lipinski definition) is 10. The summed E-state index contributed by atoms with van der Waals surface area (Å²) in [5.74, 6) is 2.65. The maximum absolute atomic E-state index is 9.41. The van der Waals surface area contributed by atoms with Crippen LogP contribution in [0.15, 0.2) is 134 Å². The van der Waals surface area contributed by atoms with E-state index < -0.39 is 0 Å². The number of nitriles is 2. The second kappa shape index (κ2) is 17.9. The van der Waals surface area contributed by atoms with Crippen LogP contribution in [0.4, 0.5) is 0 Å². The zero-order chi connectivity index (χ0) is 42.2. The molecule has 0 saturated carbocycles. The molecule has 12 nitrogen and oxygen atoms in total. The van der Waals surface area contributed by atoms with E-state index in [1.807, 2.05) is 112 Å². The van der Waals surface area contributed by atoms with Gasteiger partial charge in [-0.2, -0.15) is 20.7 Å². The van der Waals surface area contributed by atoms with Gasteiger partial charge in [-0.25, -0.2) is 0 Å².